The van der Waals surface area contributed by atoms with Crippen LogP contribution in [0.2, 0.25) is 0 Å². The quantitative estimate of drug-likeness (QED) is 0.571. The van der Waals surface area contributed by atoms with Gasteiger partial charge in [-0.05, 0) is 57.7 Å². The van der Waals surface area contributed by atoms with Crippen LogP contribution in [0.5, 0.6) is 0 Å². The molecule has 0 aromatic rings. The Morgan fingerprint density at radius 1 is 1.21 bits per heavy atom. The van der Waals surface area contributed by atoms with Crippen molar-refractivity contribution in [1.82, 2.24) is 15.5 Å². The molecule has 1 fully saturated rings. The van der Waals surface area contributed by atoms with Gasteiger partial charge in [-0.25, -0.2) is 0 Å². The third-order valence-corrected chi connectivity index (χ3v) is 3.92. The number of likely N-dealkylation sites (tertiary alicyclic amines) is 1. The smallest absolute Gasteiger partial charge is 0.190 e. The molecule has 4 nitrogen and oxygen atoms in total. The average molecular weight is 268 g/mol. The summed E-state index contributed by atoms with van der Waals surface area (Å²) in [7, 11) is 4.06. The predicted octanol–water partition coefficient (Wildman–Crippen LogP) is 1.93. The van der Waals surface area contributed by atoms with E-state index in [4.69, 9.17) is 0 Å². The van der Waals surface area contributed by atoms with Crippen molar-refractivity contribution in [3.8, 4) is 0 Å². The number of hydrogen-bond acceptors (Lipinski definition) is 2. The monoisotopic (exact) mass is 268 g/mol. The number of guanidine groups is 1. The molecule has 0 aromatic heterocycles. The summed E-state index contributed by atoms with van der Waals surface area (Å²) in [5.74, 6) is 2.58. The molecule has 1 rings (SSSR count). The van der Waals surface area contributed by atoms with E-state index < -0.39 is 0 Å². The Balaban J connectivity index is 2.09. The molecule has 0 radical (unpaired) electrons. The van der Waals surface area contributed by atoms with E-state index in [1.165, 1.54) is 38.8 Å². The van der Waals surface area contributed by atoms with Crippen LogP contribution in [0.15, 0.2) is 4.99 Å². The molecule has 0 amide bonds. The molecule has 0 aliphatic carbocycles. The highest BCUT2D eigenvalue weighted by Crippen LogP contribution is 2.18. The van der Waals surface area contributed by atoms with Crippen molar-refractivity contribution in [3.63, 3.8) is 0 Å². The largest absolute Gasteiger partial charge is 0.356 e. The number of piperidine rings is 1. The minimum atomic E-state index is 0.741. The second-order valence-electron chi connectivity index (χ2n) is 6.14. The second-order valence-corrected chi connectivity index (χ2v) is 6.14. The van der Waals surface area contributed by atoms with Gasteiger partial charge in [-0.2, -0.15) is 0 Å². The first-order valence-electron chi connectivity index (χ1n) is 7.75. The van der Waals surface area contributed by atoms with Gasteiger partial charge in [-0.15, -0.1) is 0 Å². The molecule has 0 spiro atoms. The minimum Gasteiger partial charge on any atom is -0.356 e. The molecule has 0 aromatic carbocycles. The Bertz CT molecular complexity index is 255. The second kappa shape index (κ2) is 9.18. The van der Waals surface area contributed by atoms with Crippen LogP contribution < -0.4 is 10.6 Å². The van der Waals surface area contributed by atoms with Crippen LogP contribution in [-0.2, 0) is 0 Å². The van der Waals surface area contributed by atoms with E-state index >= 15 is 0 Å². The number of nitrogens with zero attached hydrogens (tertiary/aromatic N) is 2. The molecular formula is C15H32N4. The van der Waals surface area contributed by atoms with E-state index in [-0.39, 0.29) is 0 Å². The van der Waals surface area contributed by atoms with Crippen molar-refractivity contribution in [2.24, 2.45) is 16.8 Å². The Labute approximate surface area is 119 Å². The van der Waals surface area contributed by atoms with Crippen LogP contribution in [0.4, 0.5) is 0 Å². The fraction of sp³-hybridized carbons (Fsp3) is 0.933. The molecule has 2 N–H and O–H groups in total. The van der Waals surface area contributed by atoms with Gasteiger partial charge in [0.05, 0.1) is 0 Å². The fourth-order valence-corrected chi connectivity index (χ4v) is 2.45. The van der Waals surface area contributed by atoms with Crippen molar-refractivity contribution >= 4 is 5.96 Å². The zero-order chi connectivity index (χ0) is 14.1. The highest BCUT2D eigenvalue weighted by atomic mass is 15.2. The van der Waals surface area contributed by atoms with E-state index in [9.17, 15) is 0 Å². The van der Waals surface area contributed by atoms with Crippen LogP contribution in [0.3, 0.4) is 0 Å². The van der Waals surface area contributed by atoms with Crippen LogP contribution in [0.25, 0.3) is 0 Å². The summed E-state index contributed by atoms with van der Waals surface area (Å²) in [5, 5.41) is 6.80. The lowest BCUT2D eigenvalue weighted by molar-refractivity contribution is 0.213. The summed E-state index contributed by atoms with van der Waals surface area (Å²) < 4.78 is 0. The molecule has 0 saturated carbocycles. The topological polar surface area (TPSA) is 39.7 Å². The van der Waals surface area contributed by atoms with Crippen LogP contribution in [-0.4, -0.2) is 51.1 Å². The van der Waals surface area contributed by atoms with Gasteiger partial charge in [0.25, 0.3) is 0 Å². The lowest BCUT2D eigenvalue weighted by atomic mass is 9.94. The maximum absolute atomic E-state index is 4.27. The lowest BCUT2D eigenvalue weighted by Crippen LogP contribution is -2.39. The van der Waals surface area contributed by atoms with Crippen molar-refractivity contribution in [1.29, 1.82) is 0 Å². The highest BCUT2D eigenvalue weighted by Gasteiger charge is 2.16. The third kappa shape index (κ3) is 7.41. The first kappa shape index (κ1) is 16.3. The van der Waals surface area contributed by atoms with E-state index in [1.807, 2.05) is 7.05 Å². The fourth-order valence-electron chi connectivity index (χ4n) is 2.45. The Hall–Kier alpha value is -0.770. The van der Waals surface area contributed by atoms with Gasteiger partial charge in [0.1, 0.15) is 0 Å². The summed E-state index contributed by atoms with van der Waals surface area (Å²) >= 11 is 0. The molecule has 0 unspecified atom stereocenters. The van der Waals surface area contributed by atoms with Gasteiger partial charge >= 0.3 is 0 Å². The van der Waals surface area contributed by atoms with E-state index in [0.717, 1.165) is 30.9 Å². The van der Waals surface area contributed by atoms with Gasteiger partial charge in [0.15, 0.2) is 5.96 Å². The lowest BCUT2D eigenvalue weighted by Gasteiger charge is -2.29. The molecule has 1 saturated heterocycles. The van der Waals surface area contributed by atoms with Gasteiger partial charge in [-0.3, -0.25) is 4.99 Å². The Morgan fingerprint density at radius 3 is 2.42 bits per heavy atom. The molecule has 0 atom stereocenters. The molecule has 4 heteroatoms. The Morgan fingerprint density at radius 2 is 1.84 bits per heavy atom. The summed E-state index contributed by atoms with van der Waals surface area (Å²) in [6.07, 6.45) is 5.14. The molecule has 1 heterocycles. The normalized spacial score (nSPS) is 18.9. The SMILES string of the molecule is CN=C(NCCC(C)C)NCCC1CCN(C)CC1. The van der Waals surface area contributed by atoms with Crippen molar-refractivity contribution < 1.29 is 0 Å². The summed E-state index contributed by atoms with van der Waals surface area (Å²) in [6, 6.07) is 0. The molecule has 19 heavy (non-hydrogen) atoms. The summed E-state index contributed by atoms with van der Waals surface area (Å²) in [6.45, 7) is 9.05. The molecular weight excluding hydrogens is 236 g/mol. The van der Waals surface area contributed by atoms with Gasteiger partial charge < -0.3 is 15.5 Å². The first-order valence-corrected chi connectivity index (χ1v) is 7.75. The maximum Gasteiger partial charge on any atom is 0.190 e. The van der Waals surface area contributed by atoms with E-state index in [2.05, 4.69) is 41.4 Å². The molecule has 1 aliphatic rings. The summed E-state index contributed by atoms with van der Waals surface area (Å²) in [5.41, 5.74) is 0. The van der Waals surface area contributed by atoms with E-state index in [0.29, 0.717) is 0 Å². The van der Waals surface area contributed by atoms with Crippen molar-refractivity contribution in [3.05, 3.63) is 0 Å². The standard InChI is InChI=1S/C15H32N4/c1-13(2)5-9-17-15(16-3)18-10-6-14-7-11-19(4)12-8-14/h13-14H,5-12H2,1-4H3,(H2,16,17,18). The van der Waals surface area contributed by atoms with Gasteiger partial charge in [0.2, 0.25) is 0 Å². The maximum atomic E-state index is 4.27. The Kier molecular flexibility index (Phi) is 7.87. The van der Waals surface area contributed by atoms with E-state index in [1.54, 1.807) is 0 Å². The van der Waals surface area contributed by atoms with Gasteiger partial charge in [0, 0.05) is 20.1 Å². The minimum absolute atomic E-state index is 0.741. The average Bonchev–Trinajstić information content (AvgIpc) is 2.39. The number of aliphatic imine (C=N–C) groups is 1. The highest BCUT2D eigenvalue weighted by molar-refractivity contribution is 5.79. The van der Waals surface area contributed by atoms with Crippen LogP contribution in [0, 0.1) is 11.8 Å². The zero-order valence-electron chi connectivity index (χ0n) is 13.2. The molecule has 112 valence electrons. The molecule has 1 aliphatic heterocycles. The zero-order valence-corrected chi connectivity index (χ0v) is 13.2. The van der Waals surface area contributed by atoms with Crippen molar-refractivity contribution in [2.45, 2.75) is 39.5 Å². The molecule has 0 bridgehead atoms. The number of rotatable bonds is 6. The third-order valence-electron chi connectivity index (χ3n) is 3.92. The van der Waals surface area contributed by atoms with Crippen LogP contribution >= 0.6 is 0 Å². The van der Waals surface area contributed by atoms with Crippen LogP contribution in [0.1, 0.15) is 39.5 Å². The number of hydrogen-bond donors (Lipinski definition) is 2. The number of nitrogens with one attached hydrogen (secondary N) is 2. The predicted molar refractivity (Wildman–Crippen MR) is 83.7 cm³/mol. The summed E-state index contributed by atoms with van der Waals surface area (Å²) in [4.78, 5) is 6.69. The van der Waals surface area contributed by atoms with Gasteiger partial charge in [-0.1, -0.05) is 13.8 Å². The van der Waals surface area contributed by atoms with Crippen molar-refractivity contribution in [2.75, 3.05) is 40.3 Å². The first-order chi connectivity index (χ1) is 9.11.